The van der Waals surface area contributed by atoms with Gasteiger partial charge in [0.2, 0.25) is 5.95 Å². The first-order valence-electron chi connectivity index (χ1n) is 6.06. The van der Waals surface area contributed by atoms with Gasteiger partial charge in [-0.1, -0.05) is 5.11 Å². The first-order chi connectivity index (χ1) is 10.0. The van der Waals surface area contributed by atoms with Gasteiger partial charge in [-0.15, -0.1) is 11.8 Å². The Labute approximate surface area is 122 Å². The highest BCUT2D eigenvalue weighted by atomic mass is 32.2. The molecule has 0 bridgehead atoms. The van der Waals surface area contributed by atoms with Gasteiger partial charge in [0, 0.05) is 10.2 Å². The molecule has 0 spiro atoms. The highest BCUT2D eigenvalue weighted by Gasteiger charge is 2.53. The number of azide groups is 1. The van der Waals surface area contributed by atoms with E-state index < -0.39 is 11.1 Å². The highest BCUT2D eigenvalue weighted by molar-refractivity contribution is 8.01. The number of fused-ring (bicyclic) bond motifs is 1. The highest BCUT2D eigenvalue weighted by Crippen LogP contribution is 2.55. The largest absolute Gasteiger partial charge is 0.395 e. The summed E-state index contributed by atoms with van der Waals surface area (Å²) in [6, 6.07) is 0. The van der Waals surface area contributed by atoms with E-state index in [-0.39, 0.29) is 28.7 Å². The zero-order valence-corrected chi connectivity index (χ0v) is 11.8. The van der Waals surface area contributed by atoms with E-state index in [0.717, 1.165) is 0 Å². The average molecular weight is 308 g/mol. The summed E-state index contributed by atoms with van der Waals surface area (Å²) in [6.45, 7) is 1.64. The van der Waals surface area contributed by atoms with Crippen molar-refractivity contribution >= 4 is 28.9 Å². The maximum Gasteiger partial charge on any atom is 0.280 e. The topological polar surface area (TPSA) is 159 Å². The fraction of sp³-hybridized carbons (Fsp3) is 0.500. The van der Waals surface area contributed by atoms with E-state index in [1.54, 1.807) is 11.5 Å². The lowest BCUT2D eigenvalue weighted by Crippen LogP contribution is -2.53. The van der Waals surface area contributed by atoms with Crippen molar-refractivity contribution < 1.29 is 5.11 Å². The third-order valence-corrected chi connectivity index (χ3v) is 5.49. The molecule has 1 aliphatic rings. The molecule has 3 rings (SSSR count). The van der Waals surface area contributed by atoms with Crippen LogP contribution in [0.1, 0.15) is 12.3 Å². The molecule has 3 heterocycles. The van der Waals surface area contributed by atoms with E-state index in [9.17, 15) is 9.90 Å². The Bertz CT molecular complexity index is 809. The van der Waals surface area contributed by atoms with Crippen LogP contribution in [0.2, 0.25) is 0 Å². The SMILES string of the molecule is C[C@@]1(N=[N+]=[N-])[C@@H](CO)S[C@H]1n1cnc2c(=O)[nH]c(N)nc21. The summed E-state index contributed by atoms with van der Waals surface area (Å²) < 4.78 is 1.65. The molecule has 4 N–H and O–H groups in total. The minimum absolute atomic E-state index is 0.0113. The molecule has 10 nitrogen and oxygen atoms in total. The van der Waals surface area contributed by atoms with Gasteiger partial charge >= 0.3 is 0 Å². The molecule has 0 aromatic carbocycles. The Morgan fingerprint density at radius 2 is 2.52 bits per heavy atom. The number of aliphatic hydroxyl groups is 1. The molecule has 0 saturated carbocycles. The second kappa shape index (κ2) is 4.65. The maximum atomic E-state index is 11.8. The van der Waals surface area contributed by atoms with Crippen molar-refractivity contribution in [3.05, 3.63) is 27.1 Å². The zero-order valence-electron chi connectivity index (χ0n) is 11.0. The summed E-state index contributed by atoms with van der Waals surface area (Å²) >= 11 is 1.42. The van der Waals surface area contributed by atoms with Crippen LogP contribution < -0.4 is 11.3 Å². The van der Waals surface area contributed by atoms with Crippen LogP contribution in [0.25, 0.3) is 21.6 Å². The van der Waals surface area contributed by atoms with Crippen molar-refractivity contribution in [1.82, 2.24) is 19.5 Å². The standard InChI is InChI=1S/C10H12N8O2S/c1-10(16-17-12)4(2-19)21-8(10)18-3-13-5-6(18)14-9(11)15-7(5)20/h3-4,8,19H,2H2,1H3,(H3,11,14,15,20)/t4-,8-,10-/m1/s1. The third-order valence-electron chi connectivity index (χ3n) is 3.57. The number of aliphatic hydroxyl groups excluding tert-OH is 1. The molecular weight excluding hydrogens is 296 g/mol. The summed E-state index contributed by atoms with van der Waals surface area (Å²) in [7, 11) is 0. The van der Waals surface area contributed by atoms with Gasteiger partial charge in [-0.2, -0.15) is 4.98 Å². The van der Waals surface area contributed by atoms with Crippen molar-refractivity contribution in [3.63, 3.8) is 0 Å². The fourth-order valence-electron chi connectivity index (χ4n) is 2.42. The Hall–Kier alpha value is -2.23. The molecule has 0 amide bonds. The lowest BCUT2D eigenvalue weighted by atomic mass is 9.96. The van der Waals surface area contributed by atoms with Crippen LogP contribution in [-0.4, -0.2) is 42.0 Å². The quantitative estimate of drug-likeness (QED) is 0.422. The predicted octanol–water partition coefficient (Wildman–Crippen LogP) is 0.377. The number of hydrogen-bond donors (Lipinski definition) is 3. The molecule has 1 aliphatic heterocycles. The lowest BCUT2D eigenvalue weighted by Gasteiger charge is -2.49. The number of rotatable bonds is 3. The molecule has 21 heavy (non-hydrogen) atoms. The Balaban J connectivity index is 2.14. The van der Waals surface area contributed by atoms with Crippen LogP contribution in [0.4, 0.5) is 5.95 Å². The first-order valence-corrected chi connectivity index (χ1v) is 7.00. The smallest absolute Gasteiger partial charge is 0.280 e. The van der Waals surface area contributed by atoms with E-state index in [1.165, 1.54) is 18.1 Å². The first kappa shape index (κ1) is 13.7. The molecule has 0 radical (unpaired) electrons. The van der Waals surface area contributed by atoms with Gasteiger partial charge in [0.15, 0.2) is 11.2 Å². The monoisotopic (exact) mass is 308 g/mol. The van der Waals surface area contributed by atoms with Gasteiger partial charge in [0.05, 0.1) is 23.8 Å². The van der Waals surface area contributed by atoms with Gasteiger partial charge in [-0.05, 0) is 12.5 Å². The van der Waals surface area contributed by atoms with Crippen LogP contribution in [0, 0.1) is 0 Å². The Morgan fingerprint density at radius 3 is 3.19 bits per heavy atom. The van der Waals surface area contributed by atoms with Crippen molar-refractivity contribution in [2.45, 2.75) is 23.1 Å². The normalized spacial score (nSPS) is 28.1. The average Bonchev–Trinajstić information content (AvgIpc) is 2.82. The zero-order chi connectivity index (χ0) is 15.2. The number of nitrogens with one attached hydrogen (secondary N) is 1. The minimum atomic E-state index is -0.832. The maximum absolute atomic E-state index is 11.8. The number of nitrogen functional groups attached to an aromatic ring is 1. The molecule has 2 aromatic heterocycles. The number of hydrogen-bond acceptors (Lipinski definition) is 7. The Kier molecular flexibility index (Phi) is 3.04. The Morgan fingerprint density at radius 1 is 1.76 bits per heavy atom. The number of aromatic nitrogens is 4. The van der Waals surface area contributed by atoms with Crippen molar-refractivity contribution in [1.29, 1.82) is 0 Å². The molecule has 2 aromatic rings. The van der Waals surface area contributed by atoms with E-state index in [4.69, 9.17) is 11.3 Å². The summed E-state index contributed by atoms with van der Waals surface area (Å²) in [5.41, 5.74) is 13.5. The number of aromatic amines is 1. The van der Waals surface area contributed by atoms with Gasteiger partial charge < -0.3 is 15.4 Å². The van der Waals surface area contributed by atoms with Crippen LogP contribution in [0.5, 0.6) is 0 Å². The molecule has 0 unspecified atom stereocenters. The fourth-order valence-corrected chi connectivity index (χ4v) is 3.81. The summed E-state index contributed by atoms with van der Waals surface area (Å²) in [5.74, 6) is -0.0113. The van der Waals surface area contributed by atoms with Crippen molar-refractivity contribution in [2.75, 3.05) is 12.3 Å². The van der Waals surface area contributed by atoms with Gasteiger partial charge in [0.1, 0.15) is 0 Å². The van der Waals surface area contributed by atoms with Crippen molar-refractivity contribution in [2.24, 2.45) is 5.11 Å². The lowest BCUT2D eigenvalue weighted by molar-refractivity contribution is 0.220. The molecule has 1 fully saturated rings. The number of anilines is 1. The number of thioether (sulfide) groups is 1. The van der Waals surface area contributed by atoms with Gasteiger partial charge in [0.25, 0.3) is 5.56 Å². The number of imidazole rings is 1. The van der Waals surface area contributed by atoms with Gasteiger partial charge in [-0.25, -0.2) is 4.98 Å². The van der Waals surface area contributed by atoms with E-state index in [1.807, 2.05) is 0 Å². The summed E-state index contributed by atoms with van der Waals surface area (Å²) in [5, 5.41) is 12.6. The molecule has 11 heteroatoms. The number of nitrogens with zero attached hydrogens (tertiary/aromatic N) is 6. The molecule has 3 atom stereocenters. The van der Waals surface area contributed by atoms with E-state index >= 15 is 0 Å². The third kappa shape index (κ3) is 1.86. The summed E-state index contributed by atoms with van der Waals surface area (Å²) in [4.78, 5) is 25.1. The number of H-pyrrole nitrogens is 1. The second-order valence-corrected chi connectivity index (χ2v) is 6.14. The molecule has 0 aliphatic carbocycles. The minimum Gasteiger partial charge on any atom is -0.395 e. The molecular formula is C10H12N8O2S. The van der Waals surface area contributed by atoms with E-state index in [0.29, 0.717) is 5.65 Å². The van der Waals surface area contributed by atoms with Crippen LogP contribution in [-0.2, 0) is 0 Å². The van der Waals surface area contributed by atoms with Crippen LogP contribution in [0.3, 0.4) is 0 Å². The number of nitrogens with two attached hydrogens (primary N) is 1. The molecule has 110 valence electrons. The second-order valence-electron chi connectivity index (χ2n) is 4.85. The predicted molar refractivity (Wildman–Crippen MR) is 77.6 cm³/mol. The van der Waals surface area contributed by atoms with Gasteiger partial charge in [-0.3, -0.25) is 9.78 Å². The van der Waals surface area contributed by atoms with Crippen LogP contribution in [0.15, 0.2) is 16.2 Å². The molecule has 1 saturated heterocycles. The summed E-state index contributed by atoms with van der Waals surface area (Å²) in [6.07, 6.45) is 1.46. The van der Waals surface area contributed by atoms with Crippen molar-refractivity contribution in [3.8, 4) is 0 Å². The van der Waals surface area contributed by atoms with Crippen LogP contribution >= 0.6 is 11.8 Å². The van der Waals surface area contributed by atoms with E-state index in [2.05, 4.69) is 25.0 Å².